The maximum Gasteiger partial charge on any atom is 0.191 e. The summed E-state index contributed by atoms with van der Waals surface area (Å²) in [7, 11) is 3.49. The predicted octanol–water partition coefficient (Wildman–Crippen LogP) is 4.31. The number of hydrogen-bond acceptors (Lipinski definition) is 3. The largest absolute Gasteiger partial charge is 0.377 e. The van der Waals surface area contributed by atoms with Crippen molar-refractivity contribution in [3.8, 4) is 11.1 Å². The molecule has 0 bridgehead atoms. The lowest BCUT2D eigenvalue weighted by atomic mass is 9.98. The van der Waals surface area contributed by atoms with Gasteiger partial charge in [0, 0.05) is 46.2 Å². The Bertz CT molecular complexity index is 952. The topological polar surface area (TPSA) is 63.5 Å². The lowest BCUT2D eigenvalue weighted by Gasteiger charge is -2.24. The number of ether oxygens (including phenoxy) is 1. The van der Waals surface area contributed by atoms with Crippen LogP contribution in [-0.2, 0) is 17.8 Å². The number of aromatic nitrogens is 2. The summed E-state index contributed by atoms with van der Waals surface area (Å²) < 4.78 is 7.53. The molecular weight excluding hydrogens is 501 g/mol. The highest BCUT2D eigenvalue weighted by molar-refractivity contribution is 14.0. The first kappa shape index (κ1) is 24.9. The van der Waals surface area contributed by atoms with Gasteiger partial charge in [0.25, 0.3) is 0 Å². The van der Waals surface area contributed by atoms with Crippen LogP contribution in [0.15, 0.2) is 72.2 Å². The van der Waals surface area contributed by atoms with Gasteiger partial charge < -0.3 is 19.9 Å². The fourth-order valence-corrected chi connectivity index (χ4v) is 3.11. The van der Waals surface area contributed by atoms with Gasteiger partial charge >= 0.3 is 0 Å². The van der Waals surface area contributed by atoms with Crippen LogP contribution >= 0.6 is 24.0 Å². The number of guanidine groups is 1. The molecule has 0 aliphatic heterocycles. The molecule has 0 aliphatic rings. The molecule has 3 aromatic rings. The molecule has 3 rings (SSSR count). The minimum Gasteiger partial charge on any atom is -0.377 e. The van der Waals surface area contributed by atoms with Gasteiger partial charge in [0.2, 0.25) is 0 Å². The van der Waals surface area contributed by atoms with Crippen molar-refractivity contribution in [1.29, 1.82) is 0 Å². The number of methoxy groups -OCH3 is 1. The monoisotopic (exact) mass is 533 g/mol. The van der Waals surface area contributed by atoms with Gasteiger partial charge in [0.05, 0.1) is 11.9 Å². The Hall–Kier alpha value is -2.39. The van der Waals surface area contributed by atoms with Crippen LogP contribution in [0.5, 0.6) is 0 Å². The Labute approximate surface area is 202 Å². The van der Waals surface area contributed by atoms with Crippen LogP contribution in [0.1, 0.15) is 25.0 Å². The first-order valence-electron chi connectivity index (χ1n) is 10.1. The average Bonchev–Trinajstić information content (AvgIpc) is 3.28. The molecule has 0 atom stereocenters. The zero-order valence-electron chi connectivity index (χ0n) is 18.6. The molecule has 0 saturated carbocycles. The van der Waals surface area contributed by atoms with E-state index in [4.69, 9.17) is 4.74 Å². The van der Waals surface area contributed by atoms with E-state index >= 15 is 0 Å². The quantitative estimate of drug-likeness (QED) is 0.258. The Morgan fingerprint density at radius 1 is 1.10 bits per heavy atom. The fourth-order valence-electron chi connectivity index (χ4n) is 3.11. The third-order valence-electron chi connectivity index (χ3n) is 5.11. The number of benzene rings is 2. The second kappa shape index (κ2) is 11.9. The van der Waals surface area contributed by atoms with E-state index in [2.05, 4.69) is 73.7 Å². The number of rotatable bonds is 8. The van der Waals surface area contributed by atoms with E-state index in [1.165, 1.54) is 22.3 Å². The third-order valence-corrected chi connectivity index (χ3v) is 5.11. The number of aliphatic imine (C=N–C) groups is 1. The van der Waals surface area contributed by atoms with Crippen molar-refractivity contribution < 1.29 is 4.74 Å². The van der Waals surface area contributed by atoms with E-state index < -0.39 is 0 Å². The van der Waals surface area contributed by atoms with Crippen LogP contribution in [0.3, 0.4) is 0 Å². The molecule has 2 N–H and O–H groups in total. The molecule has 31 heavy (non-hydrogen) atoms. The van der Waals surface area contributed by atoms with Gasteiger partial charge in [-0.1, -0.05) is 48.5 Å². The summed E-state index contributed by atoms with van der Waals surface area (Å²) in [4.78, 5) is 8.42. The Morgan fingerprint density at radius 3 is 2.48 bits per heavy atom. The lowest BCUT2D eigenvalue weighted by molar-refractivity contribution is 0.0268. The third kappa shape index (κ3) is 7.36. The van der Waals surface area contributed by atoms with Crippen molar-refractivity contribution in [2.75, 3.05) is 20.7 Å². The number of halogens is 1. The Kier molecular flexibility index (Phi) is 9.51. The summed E-state index contributed by atoms with van der Waals surface area (Å²) in [6.45, 7) is 6.25. The molecule has 166 valence electrons. The molecular formula is C24H32IN5O. The smallest absolute Gasteiger partial charge is 0.191 e. The first-order valence-corrected chi connectivity index (χ1v) is 10.1. The molecule has 7 heteroatoms. The van der Waals surface area contributed by atoms with Crippen molar-refractivity contribution in [2.45, 2.75) is 32.5 Å². The summed E-state index contributed by atoms with van der Waals surface area (Å²) in [5.41, 5.74) is 4.62. The second-order valence-electron chi connectivity index (χ2n) is 7.83. The Balaban J connectivity index is 0.00000341. The van der Waals surface area contributed by atoms with Crippen LogP contribution in [0, 0.1) is 0 Å². The summed E-state index contributed by atoms with van der Waals surface area (Å²) in [5, 5.41) is 6.73. The minimum atomic E-state index is -0.256. The molecule has 0 unspecified atom stereocenters. The SMILES string of the molecule is CN=C(NCc1ccccc1-c1ccc(Cn2ccnc2)cc1)NCC(C)(C)OC.I. The maximum absolute atomic E-state index is 5.46. The normalized spacial score (nSPS) is 11.7. The van der Waals surface area contributed by atoms with Gasteiger partial charge in [-0.3, -0.25) is 4.99 Å². The number of nitrogens with one attached hydrogen (secondary N) is 2. The number of hydrogen-bond donors (Lipinski definition) is 2. The van der Waals surface area contributed by atoms with Gasteiger partial charge in [-0.05, 0) is 36.1 Å². The second-order valence-corrected chi connectivity index (χ2v) is 7.83. The molecule has 6 nitrogen and oxygen atoms in total. The summed E-state index contributed by atoms with van der Waals surface area (Å²) in [5.74, 6) is 0.755. The fraction of sp³-hybridized carbons (Fsp3) is 0.333. The maximum atomic E-state index is 5.46. The molecule has 1 aromatic heterocycles. The van der Waals surface area contributed by atoms with Crippen LogP contribution < -0.4 is 10.6 Å². The molecule has 0 aliphatic carbocycles. The highest BCUT2D eigenvalue weighted by Gasteiger charge is 2.16. The van der Waals surface area contributed by atoms with E-state index in [0.717, 1.165) is 12.5 Å². The summed E-state index contributed by atoms with van der Waals surface area (Å²) in [6, 6.07) is 17.2. The highest BCUT2D eigenvalue weighted by Crippen LogP contribution is 2.24. The lowest BCUT2D eigenvalue weighted by Crippen LogP contribution is -2.45. The van der Waals surface area contributed by atoms with Gasteiger partial charge in [-0.25, -0.2) is 4.98 Å². The van der Waals surface area contributed by atoms with Crippen molar-refractivity contribution in [1.82, 2.24) is 20.2 Å². The van der Waals surface area contributed by atoms with Crippen molar-refractivity contribution >= 4 is 29.9 Å². The van der Waals surface area contributed by atoms with Gasteiger partial charge in [0.1, 0.15) is 0 Å². The molecule has 0 amide bonds. The zero-order valence-corrected chi connectivity index (χ0v) is 21.0. The average molecular weight is 533 g/mol. The standard InChI is InChI=1S/C24H31N5O.HI/c1-24(2,30-4)17-28-23(25-3)27-15-21-7-5-6-8-22(21)20-11-9-19(10-12-20)16-29-14-13-26-18-29;/h5-14,18H,15-17H2,1-4H3,(H2,25,27,28);1H. The van der Waals surface area contributed by atoms with Gasteiger partial charge in [0.15, 0.2) is 5.96 Å². The van der Waals surface area contributed by atoms with Crippen LogP contribution in [0.2, 0.25) is 0 Å². The van der Waals surface area contributed by atoms with Gasteiger partial charge in [-0.2, -0.15) is 0 Å². The van der Waals surface area contributed by atoms with E-state index in [1.807, 2.05) is 26.4 Å². The highest BCUT2D eigenvalue weighted by atomic mass is 127. The number of imidazole rings is 1. The zero-order chi connectivity index (χ0) is 21.4. The van der Waals surface area contributed by atoms with Crippen molar-refractivity contribution in [3.63, 3.8) is 0 Å². The first-order chi connectivity index (χ1) is 14.5. The van der Waals surface area contributed by atoms with E-state index in [0.29, 0.717) is 13.1 Å². The van der Waals surface area contributed by atoms with Gasteiger partial charge in [-0.15, -0.1) is 24.0 Å². The summed E-state index contributed by atoms with van der Waals surface area (Å²) in [6.07, 6.45) is 5.61. The molecule has 0 radical (unpaired) electrons. The molecule has 2 aromatic carbocycles. The minimum absolute atomic E-state index is 0. The van der Waals surface area contributed by atoms with Crippen LogP contribution in [-0.4, -0.2) is 41.8 Å². The molecule has 1 heterocycles. The van der Waals surface area contributed by atoms with Crippen LogP contribution in [0.4, 0.5) is 0 Å². The van der Waals surface area contributed by atoms with Crippen LogP contribution in [0.25, 0.3) is 11.1 Å². The van der Waals surface area contributed by atoms with E-state index in [-0.39, 0.29) is 29.6 Å². The van der Waals surface area contributed by atoms with Crippen molar-refractivity contribution in [3.05, 3.63) is 78.4 Å². The molecule has 0 spiro atoms. The number of nitrogens with zero attached hydrogens (tertiary/aromatic N) is 3. The van der Waals surface area contributed by atoms with E-state index in [9.17, 15) is 0 Å². The predicted molar refractivity (Wildman–Crippen MR) is 138 cm³/mol. The molecule has 0 saturated heterocycles. The summed E-state index contributed by atoms with van der Waals surface area (Å²) >= 11 is 0. The van der Waals surface area contributed by atoms with Crippen molar-refractivity contribution in [2.24, 2.45) is 4.99 Å². The molecule has 0 fully saturated rings. The Morgan fingerprint density at radius 2 is 1.84 bits per heavy atom. The van der Waals surface area contributed by atoms with E-state index in [1.54, 1.807) is 20.4 Å².